The quantitative estimate of drug-likeness (QED) is 0.809. The topological polar surface area (TPSA) is 81.1 Å². The summed E-state index contributed by atoms with van der Waals surface area (Å²) < 4.78 is 1.92. The standard InChI is InChI=1S/C7H10IN3O2.ClH/c1-3(2)11-5(7(12)13)4(8)6(9)10-11;/h3H,1-2H3,(H2,9,10)(H,12,13);1H. The normalized spacial score (nSPS) is 10.0. The van der Waals surface area contributed by atoms with Crippen LogP contribution < -0.4 is 5.73 Å². The minimum Gasteiger partial charge on any atom is -0.476 e. The van der Waals surface area contributed by atoms with Crippen LogP contribution in [0.2, 0.25) is 0 Å². The summed E-state index contributed by atoms with van der Waals surface area (Å²) in [4.78, 5) is 10.8. The predicted molar refractivity (Wildman–Crippen MR) is 63.9 cm³/mol. The molecular weight excluding hydrogens is 320 g/mol. The Morgan fingerprint density at radius 3 is 2.43 bits per heavy atom. The number of carboxylic acids is 1. The average Bonchev–Trinajstić information content (AvgIpc) is 2.28. The number of aromatic nitrogens is 2. The summed E-state index contributed by atoms with van der Waals surface area (Å²) in [6.07, 6.45) is 0. The molecule has 0 unspecified atom stereocenters. The van der Waals surface area contributed by atoms with Gasteiger partial charge in [0.15, 0.2) is 11.5 Å². The van der Waals surface area contributed by atoms with E-state index >= 15 is 0 Å². The first-order valence-corrected chi connectivity index (χ1v) is 4.79. The van der Waals surface area contributed by atoms with E-state index in [1.807, 2.05) is 36.4 Å². The van der Waals surface area contributed by atoms with Gasteiger partial charge in [-0.2, -0.15) is 5.10 Å². The Kier molecular flexibility index (Phi) is 4.66. The number of hydrogen-bond donors (Lipinski definition) is 2. The van der Waals surface area contributed by atoms with E-state index in [1.54, 1.807) is 0 Å². The maximum absolute atomic E-state index is 10.8. The molecule has 14 heavy (non-hydrogen) atoms. The number of carboxylic acid groups (broad SMARTS) is 1. The summed E-state index contributed by atoms with van der Waals surface area (Å²) in [5.41, 5.74) is 5.67. The van der Waals surface area contributed by atoms with E-state index in [0.717, 1.165) is 0 Å². The molecule has 1 heterocycles. The van der Waals surface area contributed by atoms with Crippen LogP contribution >= 0.6 is 35.0 Å². The molecule has 0 radical (unpaired) electrons. The Balaban J connectivity index is 0.00000169. The zero-order chi connectivity index (χ0) is 10.2. The molecule has 0 saturated carbocycles. The van der Waals surface area contributed by atoms with Gasteiger partial charge in [-0.05, 0) is 36.4 Å². The minimum absolute atomic E-state index is 0. The van der Waals surface area contributed by atoms with Gasteiger partial charge >= 0.3 is 5.97 Å². The van der Waals surface area contributed by atoms with Crippen molar-refractivity contribution >= 4 is 46.8 Å². The zero-order valence-corrected chi connectivity index (χ0v) is 10.7. The second-order valence-corrected chi connectivity index (χ2v) is 3.97. The largest absolute Gasteiger partial charge is 0.476 e. The van der Waals surface area contributed by atoms with Gasteiger partial charge in [0, 0.05) is 6.04 Å². The third-order valence-electron chi connectivity index (χ3n) is 1.57. The van der Waals surface area contributed by atoms with Crippen LogP contribution in [-0.4, -0.2) is 20.9 Å². The lowest BCUT2D eigenvalue weighted by atomic mass is 10.3. The van der Waals surface area contributed by atoms with Crippen molar-refractivity contribution in [2.24, 2.45) is 0 Å². The van der Waals surface area contributed by atoms with Crippen LogP contribution in [0.25, 0.3) is 0 Å². The van der Waals surface area contributed by atoms with Gasteiger partial charge in [0.05, 0.1) is 3.57 Å². The third-order valence-corrected chi connectivity index (χ3v) is 2.63. The number of nitrogens with two attached hydrogens (primary N) is 1. The number of halogens is 2. The lowest BCUT2D eigenvalue weighted by molar-refractivity contribution is 0.0680. The van der Waals surface area contributed by atoms with Gasteiger partial charge in [0.2, 0.25) is 0 Å². The number of nitrogens with zero attached hydrogens (tertiary/aromatic N) is 2. The summed E-state index contributed by atoms with van der Waals surface area (Å²) in [5.74, 6) is -0.728. The number of anilines is 1. The van der Waals surface area contributed by atoms with Gasteiger partial charge in [-0.3, -0.25) is 4.68 Å². The Labute approximate surface area is 101 Å². The Morgan fingerprint density at radius 1 is 1.64 bits per heavy atom. The van der Waals surface area contributed by atoms with Crippen LogP contribution in [-0.2, 0) is 0 Å². The Morgan fingerprint density at radius 2 is 2.14 bits per heavy atom. The van der Waals surface area contributed by atoms with Crippen molar-refractivity contribution in [3.8, 4) is 0 Å². The molecule has 0 aliphatic carbocycles. The van der Waals surface area contributed by atoms with Gasteiger partial charge in [0.25, 0.3) is 0 Å². The molecule has 7 heteroatoms. The fourth-order valence-electron chi connectivity index (χ4n) is 0.997. The van der Waals surface area contributed by atoms with Gasteiger partial charge in [-0.15, -0.1) is 12.4 Å². The van der Waals surface area contributed by atoms with Crippen molar-refractivity contribution < 1.29 is 9.90 Å². The van der Waals surface area contributed by atoms with E-state index in [0.29, 0.717) is 3.57 Å². The molecular formula is C7H11ClIN3O2. The summed E-state index contributed by atoms with van der Waals surface area (Å²) in [5, 5.41) is 12.8. The van der Waals surface area contributed by atoms with Crippen molar-refractivity contribution in [1.29, 1.82) is 0 Å². The van der Waals surface area contributed by atoms with Gasteiger partial charge in [-0.1, -0.05) is 0 Å². The first-order chi connectivity index (χ1) is 5.95. The van der Waals surface area contributed by atoms with E-state index in [9.17, 15) is 4.79 Å². The van der Waals surface area contributed by atoms with Gasteiger partial charge in [0.1, 0.15) is 0 Å². The predicted octanol–water partition coefficient (Wildman–Crippen LogP) is 1.77. The first-order valence-electron chi connectivity index (χ1n) is 3.72. The maximum Gasteiger partial charge on any atom is 0.355 e. The van der Waals surface area contributed by atoms with E-state index in [1.165, 1.54) is 4.68 Å². The highest BCUT2D eigenvalue weighted by Gasteiger charge is 2.21. The van der Waals surface area contributed by atoms with Crippen molar-refractivity contribution in [2.75, 3.05) is 5.73 Å². The van der Waals surface area contributed by atoms with Crippen molar-refractivity contribution in [3.63, 3.8) is 0 Å². The molecule has 0 atom stereocenters. The molecule has 1 aromatic heterocycles. The van der Waals surface area contributed by atoms with E-state index in [-0.39, 0.29) is 30.0 Å². The van der Waals surface area contributed by atoms with Crippen LogP contribution in [0.3, 0.4) is 0 Å². The molecule has 0 fully saturated rings. The molecule has 0 aliphatic rings. The maximum atomic E-state index is 10.8. The van der Waals surface area contributed by atoms with Crippen LogP contribution in [0.1, 0.15) is 30.4 Å². The van der Waals surface area contributed by atoms with E-state index in [2.05, 4.69) is 5.10 Å². The van der Waals surface area contributed by atoms with Gasteiger partial charge in [-0.25, -0.2) is 4.79 Å². The second-order valence-electron chi connectivity index (χ2n) is 2.89. The summed E-state index contributed by atoms with van der Waals surface area (Å²) >= 11 is 1.89. The number of aromatic carboxylic acids is 1. The second kappa shape index (κ2) is 4.83. The summed E-state index contributed by atoms with van der Waals surface area (Å²) in [6, 6.07) is -0.00286. The van der Waals surface area contributed by atoms with E-state index < -0.39 is 5.97 Å². The summed E-state index contributed by atoms with van der Waals surface area (Å²) in [7, 11) is 0. The fourth-order valence-corrected chi connectivity index (χ4v) is 1.58. The zero-order valence-electron chi connectivity index (χ0n) is 7.69. The molecule has 5 nitrogen and oxygen atoms in total. The number of hydrogen-bond acceptors (Lipinski definition) is 3. The molecule has 0 spiro atoms. The van der Waals surface area contributed by atoms with Crippen LogP contribution in [0, 0.1) is 3.57 Å². The number of rotatable bonds is 2. The smallest absolute Gasteiger partial charge is 0.355 e. The van der Waals surface area contributed by atoms with Crippen molar-refractivity contribution in [3.05, 3.63) is 9.26 Å². The highest BCUT2D eigenvalue weighted by Crippen LogP contribution is 2.21. The van der Waals surface area contributed by atoms with Crippen molar-refractivity contribution in [1.82, 2.24) is 9.78 Å². The molecule has 0 saturated heterocycles. The van der Waals surface area contributed by atoms with E-state index in [4.69, 9.17) is 10.8 Å². The van der Waals surface area contributed by atoms with Crippen LogP contribution in [0.4, 0.5) is 5.82 Å². The average molecular weight is 332 g/mol. The lowest BCUT2D eigenvalue weighted by Crippen LogP contribution is -2.12. The Bertz CT molecular complexity index is 351. The Hall–Kier alpha value is -0.500. The monoisotopic (exact) mass is 331 g/mol. The fraction of sp³-hybridized carbons (Fsp3) is 0.429. The summed E-state index contributed by atoms with van der Waals surface area (Å²) in [6.45, 7) is 3.71. The molecule has 80 valence electrons. The van der Waals surface area contributed by atoms with Gasteiger partial charge < -0.3 is 10.8 Å². The molecule has 1 rings (SSSR count). The highest BCUT2D eigenvalue weighted by molar-refractivity contribution is 14.1. The number of carbonyl (C=O) groups is 1. The molecule has 1 aromatic rings. The lowest BCUT2D eigenvalue weighted by Gasteiger charge is -2.07. The molecule has 0 bridgehead atoms. The molecule has 3 N–H and O–H groups in total. The molecule has 0 amide bonds. The molecule has 0 aromatic carbocycles. The molecule has 0 aliphatic heterocycles. The first kappa shape index (κ1) is 13.5. The minimum atomic E-state index is -0.998. The highest BCUT2D eigenvalue weighted by atomic mass is 127. The van der Waals surface area contributed by atoms with Crippen LogP contribution in [0.15, 0.2) is 0 Å². The number of nitrogen functional groups attached to an aromatic ring is 1. The van der Waals surface area contributed by atoms with Crippen LogP contribution in [0.5, 0.6) is 0 Å². The third kappa shape index (κ3) is 2.30. The van der Waals surface area contributed by atoms with Crippen molar-refractivity contribution in [2.45, 2.75) is 19.9 Å². The SMILES string of the molecule is CC(C)n1nc(N)c(I)c1C(=O)O.Cl.